The predicted molar refractivity (Wildman–Crippen MR) is 115 cm³/mol. The number of anilines is 1. The first-order chi connectivity index (χ1) is 14.6. The summed E-state index contributed by atoms with van der Waals surface area (Å²) in [5.41, 5.74) is 3.74. The molecule has 1 amide bonds. The van der Waals surface area contributed by atoms with Crippen LogP contribution >= 0.6 is 0 Å². The molecule has 30 heavy (non-hydrogen) atoms. The zero-order chi connectivity index (χ0) is 21.1. The highest BCUT2D eigenvalue weighted by Crippen LogP contribution is 2.26. The Morgan fingerprint density at radius 1 is 1.10 bits per heavy atom. The Kier molecular flexibility index (Phi) is 5.10. The van der Waals surface area contributed by atoms with Crippen molar-refractivity contribution >= 4 is 23.0 Å². The third kappa shape index (κ3) is 3.45. The maximum Gasteiger partial charge on any atom is 0.224 e. The second-order valence-electron chi connectivity index (χ2n) is 6.68. The zero-order valence-electron chi connectivity index (χ0n) is 16.3. The van der Waals surface area contributed by atoms with Crippen LogP contribution < -0.4 is 4.90 Å². The topological polar surface area (TPSA) is 67.6 Å². The van der Waals surface area contributed by atoms with Crippen molar-refractivity contribution in [1.82, 2.24) is 14.6 Å². The number of rotatable bonds is 5. The van der Waals surface area contributed by atoms with Gasteiger partial charge in [-0.1, -0.05) is 48.4 Å². The number of carbonyl (C=O) groups excluding carboxylic acids is 2. The van der Waals surface area contributed by atoms with Crippen molar-refractivity contribution in [1.29, 1.82) is 0 Å². The molecule has 0 aliphatic rings. The van der Waals surface area contributed by atoms with Crippen LogP contribution in [-0.2, 0) is 4.79 Å². The van der Waals surface area contributed by atoms with E-state index in [2.05, 4.69) is 16.0 Å². The molecule has 0 radical (unpaired) electrons. The number of amides is 1. The highest BCUT2D eigenvalue weighted by Gasteiger charge is 2.18. The van der Waals surface area contributed by atoms with Crippen LogP contribution in [-0.4, -0.2) is 32.8 Å². The summed E-state index contributed by atoms with van der Waals surface area (Å²) >= 11 is 0. The van der Waals surface area contributed by atoms with E-state index in [-0.39, 0.29) is 18.2 Å². The molecule has 0 N–H and O–H groups in total. The van der Waals surface area contributed by atoms with Gasteiger partial charge in [0.1, 0.15) is 0 Å². The predicted octanol–water partition coefficient (Wildman–Crippen LogP) is 3.61. The van der Waals surface area contributed by atoms with Crippen LogP contribution in [0.2, 0.25) is 0 Å². The van der Waals surface area contributed by atoms with Gasteiger partial charge in [-0.25, -0.2) is 9.50 Å². The molecule has 0 spiro atoms. The summed E-state index contributed by atoms with van der Waals surface area (Å²) in [7, 11) is 0. The molecule has 4 aromatic rings. The largest absolute Gasteiger partial charge is 0.301 e. The third-order valence-corrected chi connectivity index (χ3v) is 4.76. The van der Waals surface area contributed by atoms with Gasteiger partial charge in [-0.3, -0.25) is 9.59 Å². The van der Waals surface area contributed by atoms with E-state index < -0.39 is 0 Å². The molecule has 0 aliphatic carbocycles. The average molecular weight is 394 g/mol. The summed E-state index contributed by atoms with van der Waals surface area (Å²) in [5, 5.41) is 4.41. The molecule has 2 aromatic heterocycles. The fourth-order valence-corrected chi connectivity index (χ4v) is 3.32. The minimum absolute atomic E-state index is 0.138. The molecule has 4 rings (SSSR count). The summed E-state index contributed by atoms with van der Waals surface area (Å²) in [4.78, 5) is 30.8. The fourth-order valence-electron chi connectivity index (χ4n) is 3.32. The monoisotopic (exact) mass is 394 g/mol. The molecule has 146 valence electrons. The molecule has 0 saturated carbocycles. The number of benzene rings is 2. The van der Waals surface area contributed by atoms with E-state index in [4.69, 9.17) is 6.42 Å². The van der Waals surface area contributed by atoms with Crippen LogP contribution in [0.3, 0.4) is 0 Å². The molecular formula is C24H18N4O2. The summed E-state index contributed by atoms with van der Waals surface area (Å²) < 4.78 is 1.63. The van der Waals surface area contributed by atoms with Crippen LogP contribution in [0.25, 0.3) is 16.9 Å². The van der Waals surface area contributed by atoms with Gasteiger partial charge in [-0.15, -0.1) is 6.42 Å². The van der Waals surface area contributed by atoms with E-state index in [1.807, 2.05) is 48.5 Å². The van der Waals surface area contributed by atoms with Gasteiger partial charge in [0.25, 0.3) is 0 Å². The smallest absolute Gasteiger partial charge is 0.224 e. The van der Waals surface area contributed by atoms with E-state index >= 15 is 0 Å². The van der Waals surface area contributed by atoms with Crippen LogP contribution in [0.1, 0.15) is 22.8 Å². The van der Waals surface area contributed by atoms with Gasteiger partial charge in [-0.2, -0.15) is 5.10 Å². The number of carbonyl (C=O) groups is 2. The Morgan fingerprint density at radius 2 is 1.90 bits per heavy atom. The molecule has 0 fully saturated rings. The second kappa shape index (κ2) is 8.02. The number of fused-ring (bicyclic) bond motifs is 1. The molecule has 0 atom stereocenters. The van der Waals surface area contributed by atoms with Crippen molar-refractivity contribution in [2.45, 2.75) is 6.92 Å². The zero-order valence-corrected chi connectivity index (χ0v) is 16.3. The Morgan fingerprint density at radius 3 is 2.63 bits per heavy atom. The summed E-state index contributed by atoms with van der Waals surface area (Å²) in [6.07, 6.45) is 8.59. The maximum absolute atomic E-state index is 12.9. The van der Waals surface area contributed by atoms with Gasteiger partial charge in [0.05, 0.1) is 24.0 Å². The van der Waals surface area contributed by atoms with Gasteiger partial charge < -0.3 is 4.90 Å². The van der Waals surface area contributed by atoms with Crippen molar-refractivity contribution in [2.24, 2.45) is 0 Å². The standard InChI is InChI=1S/C24H18N4O2/c1-3-14-27(17(2)29)20-11-7-10-19(15-20)22-12-13-25-24-21(16-26-28(22)24)23(30)18-8-5-4-6-9-18/h1,4-13,15-16H,14H2,2H3. The summed E-state index contributed by atoms with van der Waals surface area (Å²) in [6.45, 7) is 1.66. The van der Waals surface area contributed by atoms with Crippen molar-refractivity contribution < 1.29 is 9.59 Å². The Bertz CT molecular complexity index is 1290. The highest BCUT2D eigenvalue weighted by molar-refractivity contribution is 6.12. The molecule has 6 nitrogen and oxygen atoms in total. The number of nitrogens with zero attached hydrogens (tertiary/aromatic N) is 4. The first-order valence-corrected chi connectivity index (χ1v) is 9.34. The van der Waals surface area contributed by atoms with E-state index in [0.717, 1.165) is 11.3 Å². The fraction of sp³-hybridized carbons (Fsp3) is 0.0833. The Hall–Kier alpha value is -4.24. The minimum Gasteiger partial charge on any atom is -0.301 e. The number of aromatic nitrogens is 3. The Balaban J connectivity index is 1.79. The molecule has 0 unspecified atom stereocenters. The highest BCUT2D eigenvalue weighted by atomic mass is 16.2. The van der Waals surface area contributed by atoms with Crippen LogP contribution in [0, 0.1) is 12.3 Å². The quantitative estimate of drug-likeness (QED) is 0.383. The lowest BCUT2D eigenvalue weighted by Gasteiger charge is -2.19. The molecule has 0 bridgehead atoms. The molecule has 0 saturated heterocycles. The van der Waals surface area contributed by atoms with Gasteiger partial charge >= 0.3 is 0 Å². The molecule has 6 heteroatoms. The number of terminal acetylenes is 1. The summed E-state index contributed by atoms with van der Waals surface area (Å²) in [5.74, 6) is 2.23. The SMILES string of the molecule is C#CCN(C(C)=O)c1cccc(-c2ccnc3c(C(=O)c4ccccc4)cnn23)c1. The number of hydrogen-bond donors (Lipinski definition) is 0. The first-order valence-electron chi connectivity index (χ1n) is 9.34. The van der Waals surface area contributed by atoms with Crippen LogP contribution in [0.15, 0.2) is 73.1 Å². The number of hydrogen-bond acceptors (Lipinski definition) is 4. The van der Waals surface area contributed by atoms with Crippen molar-refractivity contribution in [3.63, 3.8) is 0 Å². The lowest BCUT2D eigenvalue weighted by atomic mass is 10.1. The molecule has 2 heterocycles. The van der Waals surface area contributed by atoms with Crippen molar-refractivity contribution in [3.8, 4) is 23.6 Å². The van der Waals surface area contributed by atoms with Crippen molar-refractivity contribution in [2.75, 3.05) is 11.4 Å². The van der Waals surface area contributed by atoms with E-state index in [1.54, 1.807) is 22.8 Å². The van der Waals surface area contributed by atoms with Gasteiger partial charge in [0.2, 0.25) is 5.91 Å². The van der Waals surface area contributed by atoms with Crippen molar-refractivity contribution in [3.05, 3.63) is 84.2 Å². The maximum atomic E-state index is 12.9. The van der Waals surface area contributed by atoms with E-state index in [9.17, 15) is 9.59 Å². The second-order valence-corrected chi connectivity index (χ2v) is 6.68. The summed E-state index contributed by atoms with van der Waals surface area (Å²) in [6, 6.07) is 18.3. The first kappa shape index (κ1) is 19.1. The lowest BCUT2D eigenvalue weighted by Crippen LogP contribution is -2.28. The normalized spacial score (nSPS) is 10.5. The molecule has 0 aliphatic heterocycles. The third-order valence-electron chi connectivity index (χ3n) is 4.76. The van der Waals surface area contributed by atoms with Gasteiger partial charge in [0, 0.05) is 29.9 Å². The molecular weight excluding hydrogens is 376 g/mol. The Labute approximate surface area is 173 Å². The van der Waals surface area contributed by atoms with Crippen LogP contribution in [0.5, 0.6) is 0 Å². The number of ketones is 1. The van der Waals surface area contributed by atoms with E-state index in [1.165, 1.54) is 18.0 Å². The average Bonchev–Trinajstić information content (AvgIpc) is 3.21. The van der Waals surface area contributed by atoms with Gasteiger partial charge in [0.15, 0.2) is 11.4 Å². The van der Waals surface area contributed by atoms with Gasteiger partial charge in [-0.05, 0) is 18.2 Å². The minimum atomic E-state index is -0.139. The van der Waals surface area contributed by atoms with Crippen LogP contribution in [0.4, 0.5) is 5.69 Å². The lowest BCUT2D eigenvalue weighted by molar-refractivity contribution is -0.116. The molecule has 2 aromatic carbocycles. The van der Waals surface area contributed by atoms with E-state index in [0.29, 0.717) is 22.5 Å².